The number of thiol groups is 1. The van der Waals surface area contributed by atoms with Gasteiger partial charge in [-0.3, -0.25) is 0 Å². The second kappa shape index (κ2) is 6.51. The van der Waals surface area contributed by atoms with Crippen LogP contribution in [-0.2, 0) is 5.41 Å². The zero-order valence-electron chi connectivity index (χ0n) is 14.5. The molecule has 3 aromatic carbocycles. The Hall–Kier alpha value is -2.77. The summed E-state index contributed by atoms with van der Waals surface area (Å²) in [6.07, 6.45) is 5.87. The van der Waals surface area contributed by atoms with Crippen molar-refractivity contribution in [1.29, 1.82) is 0 Å². The molecule has 1 heteroatoms. The molecule has 0 aliphatic heterocycles. The third kappa shape index (κ3) is 2.24. The lowest BCUT2D eigenvalue weighted by Crippen LogP contribution is -2.28. The average Bonchev–Trinajstić information content (AvgIpc) is 2.98. The van der Waals surface area contributed by atoms with Crippen LogP contribution in [0.5, 0.6) is 0 Å². The fraction of sp³-hybridized carbons (Fsp3) is 0.0400. The first-order chi connectivity index (χ1) is 12.7. The van der Waals surface area contributed by atoms with Gasteiger partial charge in [-0.15, -0.1) is 12.6 Å². The molecule has 0 spiro atoms. The summed E-state index contributed by atoms with van der Waals surface area (Å²) in [5.74, 6) is 0. The molecule has 0 fully saturated rings. The van der Waals surface area contributed by atoms with E-state index in [-0.39, 0.29) is 0 Å². The first-order valence-electron chi connectivity index (χ1n) is 8.68. The maximum absolute atomic E-state index is 4.48. The third-order valence-corrected chi connectivity index (χ3v) is 5.50. The van der Waals surface area contributed by atoms with Crippen LogP contribution in [0.2, 0.25) is 0 Å². The minimum absolute atomic E-state index is 0.398. The lowest BCUT2D eigenvalue weighted by atomic mass is 9.67. The molecule has 0 aromatic heterocycles. The van der Waals surface area contributed by atoms with E-state index in [9.17, 15) is 0 Å². The summed E-state index contributed by atoms with van der Waals surface area (Å²) in [5.41, 5.74) is 7.04. The van der Waals surface area contributed by atoms with Gasteiger partial charge in [0.05, 0.1) is 5.41 Å². The van der Waals surface area contributed by atoms with Crippen molar-refractivity contribution in [3.8, 4) is 11.1 Å². The van der Waals surface area contributed by atoms with Crippen LogP contribution in [0.25, 0.3) is 11.1 Å². The first-order valence-corrected chi connectivity index (χ1v) is 9.12. The second-order valence-corrected chi connectivity index (χ2v) is 6.97. The summed E-state index contributed by atoms with van der Waals surface area (Å²) in [6, 6.07) is 25.7. The predicted octanol–water partition coefficient (Wildman–Crippen LogP) is 6.59. The molecule has 0 nitrogen and oxygen atoms in total. The molecular formula is C25H20S. The molecule has 0 N–H and O–H groups in total. The highest BCUT2D eigenvalue weighted by atomic mass is 32.1. The summed E-state index contributed by atoms with van der Waals surface area (Å²) < 4.78 is 0. The average molecular weight is 353 g/mol. The first kappa shape index (κ1) is 16.7. The molecule has 0 saturated carbocycles. The van der Waals surface area contributed by atoms with Gasteiger partial charge in [0, 0.05) is 4.90 Å². The molecular weight excluding hydrogens is 332 g/mol. The minimum Gasteiger partial charge on any atom is -0.143 e. The van der Waals surface area contributed by atoms with Gasteiger partial charge in [-0.05, 0) is 45.5 Å². The van der Waals surface area contributed by atoms with Crippen molar-refractivity contribution in [3.63, 3.8) is 0 Å². The number of rotatable bonds is 4. The van der Waals surface area contributed by atoms with Crippen LogP contribution >= 0.6 is 12.6 Å². The highest BCUT2D eigenvalue weighted by molar-refractivity contribution is 7.80. The van der Waals surface area contributed by atoms with Gasteiger partial charge in [-0.2, -0.15) is 0 Å². The highest BCUT2D eigenvalue weighted by Gasteiger charge is 2.46. The molecule has 126 valence electrons. The quantitative estimate of drug-likeness (QED) is 0.397. The Morgan fingerprint density at radius 3 is 1.81 bits per heavy atom. The van der Waals surface area contributed by atoms with E-state index in [1.165, 1.54) is 27.8 Å². The van der Waals surface area contributed by atoms with Gasteiger partial charge in [0.2, 0.25) is 0 Å². The van der Waals surface area contributed by atoms with Crippen molar-refractivity contribution in [2.75, 3.05) is 0 Å². The SMILES string of the molecule is C=C/C=C(\C=C)C1(c2ccc(S)cc2)c2ccccc2-c2ccccc21. The van der Waals surface area contributed by atoms with Crippen LogP contribution in [0.15, 0.2) is 115 Å². The van der Waals surface area contributed by atoms with Crippen LogP contribution in [0.3, 0.4) is 0 Å². The van der Waals surface area contributed by atoms with E-state index < -0.39 is 5.41 Å². The van der Waals surface area contributed by atoms with Crippen LogP contribution in [-0.4, -0.2) is 0 Å². The summed E-state index contributed by atoms with van der Waals surface area (Å²) in [5, 5.41) is 0. The van der Waals surface area contributed by atoms with Crippen LogP contribution in [0.1, 0.15) is 16.7 Å². The molecule has 0 unspecified atom stereocenters. The molecule has 26 heavy (non-hydrogen) atoms. The molecule has 0 bridgehead atoms. The van der Waals surface area contributed by atoms with Gasteiger partial charge in [0.15, 0.2) is 0 Å². The number of hydrogen-bond donors (Lipinski definition) is 1. The van der Waals surface area contributed by atoms with Crippen molar-refractivity contribution >= 4 is 12.6 Å². The summed E-state index contributed by atoms with van der Waals surface area (Å²) >= 11 is 4.48. The maximum Gasteiger partial charge on any atom is 0.0713 e. The van der Waals surface area contributed by atoms with E-state index in [0.29, 0.717) is 0 Å². The smallest absolute Gasteiger partial charge is 0.0713 e. The largest absolute Gasteiger partial charge is 0.143 e. The van der Waals surface area contributed by atoms with Crippen molar-refractivity contribution in [2.24, 2.45) is 0 Å². The summed E-state index contributed by atoms with van der Waals surface area (Å²) in [6.45, 7) is 8.06. The standard InChI is InChI=1S/C25H20S/c1-3-9-18(4-2)25(19-14-16-20(26)17-15-19)23-12-7-5-10-21(23)22-11-6-8-13-24(22)25/h3-17,26H,1-2H2/b18-9+. The van der Waals surface area contributed by atoms with Gasteiger partial charge in [0.1, 0.15) is 0 Å². The van der Waals surface area contributed by atoms with Crippen molar-refractivity contribution < 1.29 is 0 Å². The number of fused-ring (bicyclic) bond motifs is 3. The van der Waals surface area contributed by atoms with Crippen LogP contribution in [0, 0.1) is 0 Å². The normalized spacial score (nSPS) is 14.4. The fourth-order valence-electron chi connectivity index (χ4n) is 4.21. The number of benzene rings is 3. The minimum atomic E-state index is -0.398. The molecule has 3 aromatic rings. The molecule has 1 aliphatic rings. The molecule has 1 aliphatic carbocycles. The number of allylic oxidation sites excluding steroid dienone is 4. The molecule has 0 radical (unpaired) electrons. The van der Waals surface area contributed by atoms with E-state index in [1.54, 1.807) is 0 Å². The lowest BCUT2D eigenvalue weighted by Gasteiger charge is -2.34. The topological polar surface area (TPSA) is 0 Å². The van der Waals surface area contributed by atoms with E-state index in [1.807, 2.05) is 12.2 Å². The zero-order chi connectivity index (χ0) is 18.1. The molecule has 0 saturated heterocycles. The summed E-state index contributed by atoms with van der Waals surface area (Å²) in [7, 11) is 0. The van der Waals surface area contributed by atoms with Crippen molar-refractivity contribution in [2.45, 2.75) is 10.3 Å². The Balaban J connectivity index is 2.19. The fourth-order valence-corrected chi connectivity index (χ4v) is 4.36. The Kier molecular flexibility index (Phi) is 4.18. The van der Waals surface area contributed by atoms with E-state index in [4.69, 9.17) is 0 Å². The van der Waals surface area contributed by atoms with E-state index in [2.05, 4.69) is 105 Å². The third-order valence-electron chi connectivity index (χ3n) is 5.20. The Labute approximate surface area is 160 Å². The Bertz CT molecular complexity index is 977. The second-order valence-electron chi connectivity index (χ2n) is 6.45. The maximum atomic E-state index is 4.48. The Morgan fingerprint density at radius 1 is 0.769 bits per heavy atom. The van der Waals surface area contributed by atoms with E-state index >= 15 is 0 Å². The van der Waals surface area contributed by atoms with Gasteiger partial charge < -0.3 is 0 Å². The van der Waals surface area contributed by atoms with Gasteiger partial charge in [-0.1, -0.05) is 92.0 Å². The predicted molar refractivity (Wildman–Crippen MR) is 114 cm³/mol. The van der Waals surface area contributed by atoms with Gasteiger partial charge >= 0.3 is 0 Å². The molecule has 0 amide bonds. The zero-order valence-corrected chi connectivity index (χ0v) is 15.4. The molecule has 0 heterocycles. The lowest BCUT2D eigenvalue weighted by molar-refractivity contribution is 0.766. The van der Waals surface area contributed by atoms with Crippen LogP contribution < -0.4 is 0 Å². The van der Waals surface area contributed by atoms with Gasteiger partial charge in [-0.25, -0.2) is 0 Å². The van der Waals surface area contributed by atoms with Crippen molar-refractivity contribution in [1.82, 2.24) is 0 Å². The number of hydrogen-bond acceptors (Lipinski definition) is 1. The molecule has 4 rings (SSSR count). The monoisotopic (exact) mass is 352 g/mol. The summed E-state index contributed by atoms with van der Waals surface area (Å²) in [4.78, 5) is 0.955. The van der Waals surface area contributed by atoms with Gasteiger partial charge in [0.25, 0.3) is 0 Å². The highest BCUT2D eigenvalue weighted by Crippen LogP contribution is 2.56. The van der Waals surface area contributed by atoms with Crippen LogP contribution in [0.4, 0.5) is 0 Å². The van der Waals surface area contributed by atoms with Crippen molar-refractivity contribution in [3.05, 3.63) is 126 Å². The molecule has 0 atom stereocenters. The Morgan fingerprint density at radius 2 is 1.31 bits per heavy atom. The van der Waals surface area contributed by atoms with E-state index in [0.717, 1.165) is 10.5 Å².